The maximum Gasteiger partial charge on any atom is 0.244 e. The molecule has 1 unspecified atom stereocenters. The van der Waals surface area contributed by atoms with Gasteiger partial charge in [0, 0.05) is 17.5 Å². The minimum Gasteiger partial charge on any atom is -0.396 e. The van der Waals surface area contributed by atoms with Crippen molar-refractivity contribution in [3.8, 4) is 11.4 Å². The molecule has 0 bridgehead atoms. The minimum atomic E-state index is -0.568. The Morgan fingerprint density at radius 1 is 1.26 bits per heavy atom. The molecule has 0 aliphatic heterocycles. The van der Waals surface area contributed by atoms with Gasteiger partial charge in [0.25, 0.3) is 0 Å². The monoisotopic (exact) mass is 319 g/mol. The molecular formula is C17H25N3O3. The highest BCUT2D eigenvalue weighted by Crippen LogP contribution is 2.26. The second kappa shape index (κ2) is 7.21. The first-order valence-electron chi connectivity index (χ1n) is 7.72. The summed E-state index contributed by atoms with van der Waals surface area (Å²) in [5.74, 6) is 1.09. The first-order chi connectivity index (χ1) is 10.9. The van der Waals surface area contributed by atoms with E-state index in [1.807, 2.05) is 57.0 Å². The summed E-state index contributed by atoms with van der Waals surface area (Å²) < 4.78 is 5.41. The van der Waals surface area contributed by atoms with Crippen LogP contribution in [0.5, 0.6) is 0 Å². The van der Waals surface area contributed by atoms with E-state index in [4.69, 9.17) is 4.52 Å². The lowest BCUT2D eigenvalue weighted by atomic mass is 9.92. The Bertz CT molecular complexity index is 638. The van der Waals surface area contributed by atoms with Crippen LogP contribution in [0.25, 0.3) is 11.4 Å². The van der Waals surface area contributed by atoms with Gasteiger partial charge >= 0.3 is 0 Å². The first kappa shape index (κ1) is 17.6. The van der Waals surface area contributed by atoms with Gasteiger partial charge in [-0.3, -0.25) is 4.90 Å². The molecule has 2 N–H and O–H groups in total. The molecule has 126 valence electrons. The smallest absolute Gasteiger partial charge is 0.244 e. The van der Waals surface area contributed by atoms with Gasteiger partial charge in [-0.1, -0.05) is 36.3 Å². The lowest BCUT2D eigenvalue weighted by Gasteiger charge is -2.32. The van der Waals surface area contributed by atoms with E-state index < -0.39 is 5.41 Å². The van der Waals surface area contributed by atoms with Crippen LogP contribution in [0.1, 0.15) is 31.3 Å². The van der Waals surface area contributed by atoms with E-state index in [0.29, 0.717) is 18.3 Å². The van der Waals surface area contributed by atoms with Crippen LogP contribution >= 0.6 is 0 Å². The molecule has 1 atom stereocenters. The first-order valence-corrected chi connectivity index (χ1v) is 7.72. The van der Waals surface area contributed by atoms with Crippen molar-refractivity contribution in [1.29, 1.82) is 0 Å². The summed E-state index contributed by atoms with van der Waals surface area (Å²) in [6.07, 6.45) is 0. The van der Waals surface area contributed by atoms with Gasteiger partial charge in [0.1, 0.15) is 0 Å². The largest absolute Gasteiger partial charge is 0.396 e. The van der Waals surface area contributed by atoms with Crippen molar-refractivity contribution in [2.75, 3.05) is 26.8 Å². The highest BCUT2D eigenvalue weighted by molar-refractivity contribution is 5.58. The number of hydrogen-bond acceptors (Lipinski definition) is 6. The average molecular weight is 319 g/mol. The number of nitrogens with zero attached hydrogens (tertiary/aromatic N) is 3. The number of aromatic nitrogens is 2. The van der Waals surface area contributed by atoms with Gasteiger partial charge in [0.15, 0.2) is 0 Å². The van der Waals surface area contributed by atoms with Gasteiger partial charge < -0.3 is 14.7 Å². The molecule has 0 radical (unpaired) electrons. The van der Waals surface area contributed by atoms with E-state index >= 15 is 0 Å². The lowest BCUT2D eigenvalue weighted by molar-refractivity contribution is 0.0287. The van der Waals surface area contributed by atoms with Gasteiger partial charge in [-0.25, -0.2) is 0 Å². The summed E-state index contributed by atoms with van der Waals surface area (Å²) in [6.45, 7) is 6.16. The summed E-state index contributed by atoms with van der Waals surface area (Å²) in [5.41, 5.74) is 1.48. The molecule has 2 aromatic rings. The van der Waals surface area contributed by atoms with Gasteiger partial charge in [0.05, 0.1) is 19.3 Å². The van der Waals surface area contributed by atoms with Crippen molar-refractivity contribution in [3.05, 3.63) is 35.7 Å². The molecule has 0 fully saturated rings. The fourth-order valence-corrected chi connectivity index (χ4v) is 2.42. The van der Waals surface area contributed by atoms with Gasteiger partial charge in [-0.05, 0) is 26.5 Å². The Morgan fingerprint density at radius 2 is 1.91 bits per heavy atom. The van der Waals surface area contributed by atoms with E-state index in [1.165, 1.54) is 0 Å². The molecule has 0 amide bonds. The van der Waals surface area contributed by atoms with Crippen LogP contribution in [0.3, 0.4) is 0 Å². The van der Waals surface area contributed by atoms with E-state index in [-0.39, 0.29) is 19.3 Å². The second-order valence-corrected chi connectivity index (χ2v) is 6.49. The molecule has 6 nitrogen and oxygen atoms in total. The van der Waals surface area contributed by atoms with Crippen LogP contribution in [0.2, 0.25) is 0 Å². The van der Waals surface area contributed by atoms with Crippen LogP contribution in [0.4, 0.5) is 0 Å². The number of rotatable bonds is 7. The van der Waals surface area contributed by atoms with Crippen LogP contribution in [0, 0.1) is 12.3 Å². The minimum absolute atomic E-state index is 0.0845. The Labute approximate surface area is 136 Å². The number of aliphatic hydroxyl groups is 2. The number of hydrogen-bond donors (Lipinski definition) is 2. The Kier molecular flexibility index (Phi) is 5.51. The zero-order valence-electron chi connectivity index (χ0n) is 14.2. The third kappa shape index (κ3) is 3.96. The van der Waals surface area contributed by atoms with Crippen molar-refractivity contribution in [1.82, 2.24) is 15.0 Å². The van der Waals surface area contributed by atoms with Crippen molar-refractivity contribution in [2.24, 2.45) is 5.41 Å². The van der Waals surface area contributed by atoms with Crippen LogP contribution in [-0.4, -0.2) is 52.1 Å². The van der Waals surface area contributed by atoms with Crippen molar-refractivity contribution < 1.29 is 14.7 Å². The second-order valence-electron chi connectivity index (χ2n) is 6.49. The maximum absolute atomic E-state index is 9.43. The third-order valence-electron chi connectivity index (χ3n) is 4.24. The van der Waals surface area contributed by atoms with Crippen LogP contribution in [-0.2, 0) is 0 Å². The van der Waals surface area contributed by atoms with Crippen LogP contribution in [0.15, 0.2) is 28.8 Å². The molecule has 1 heterocycles. The van der Waals surface area contributed by atoms with Crippen molar-refractivity contribution in [3.63, 3.8) is 0 Å². The van der Waals surface area contributed by atoms with Crippen molar-refractivity contribution >= 4 is 0 Å². The zero-order valence-corrected chi connectivity index (χ0v) is 14.2. The molecular weight excluding hydrogens is 294 g/mol. The van der Waals surface area contributed by atoms with Gasteiger partial charge in [0.2, 0.25) is 11.7 Å². The molecule has 1 aromatic carbocycles. The quantitative estimate of drug-likeness (QED) is 0.812. The summed E-state index contributed by atoms with van der Waals surface area (Å²) in [4.78, 5) is 6.49. The Balaban J connectivity index is 2.15. The number of benzene rings is 1. The van der Waals surface area contributed by atoms with E-state index in [2.05, 4.69) is 10.1 Å². The predicted molar refractivity (Wildman–Crippen MR) is 87.8 cm³/mol. The van der Waals surface area contributed by atoms with Gasteiger partial charge in [-0.15, -0.1) is 0 Å². The zero-order chi connectivity index (χ0) is 17.0. The highest BCUT2D eigenvalue weighted by Gasteiger charge is 2.28. The van der Waals surface area contributed by atoms with E-state index in [9.17, 15) is 10.2 Å². The molecule has 2 rings (SSSR count). The maximum atomic E-state index is 9.43. The lowest BCUT2D eigenvalue weighted by Crippen LogP contribution is -2.40. The van der Waals surface area contributed by atoms with E-state index in [0.717, 1.165) is 11.1 Å². The summed E-state index contributed by atoms with van der Waals surface area (Å²) in [5, 5.41) is 22.9. The molecule has 0 aliphatic carbocycles. The molecule has 0 saturated carbocycles. The average Bonchev–Trinajstić information content (AvgIpc) is 3.04. The summed E-state index contributed by atoms with van der Waals surface area (Å²) in [7, 11) is 1.91. The Morgan fingerprint density at radius 3 is 2.52 bits per heavy atom. The SMILES string of the molecule is Cc1ccccc1-c1noc(C(C)N(C)CC(C)(CO)CO)n1. The van der Waals surface area contributed by atoms with E-state index in [1.54, 1.807) is 0 Å². The van der Waals surface area contributed by atoms with Gasteiger partial charge in [-0.2, -0.15) is 4.98 Å². The summed E-state index contributed by atoms with van der Waals surface area (Å²) >= 11 is 0. The number of aliphatic hydroxyl groups excluding tert-OH is 2. The molecule has 0 aliphatic rings. The van der Waals surface area contributed by atoms with Crippen molar-refractivity contribution in [2.45, 2.75) is 26.8 Å². The fraction of sp³-hybridized carbons (Fsp3) is 0.529. The molecule has 0 saturated heterocycles. The topological polar surface area (TPSA) is 82.6 Å². The highest BCUT2D eigenvalue weighted by atomic mass is 16.5. The molecule has 1 aromatic heterocycles. The predicted octanol–water partition coefficient (Wildman–Crippen LogP) is 2.03. The third-order valence-corrected chi connectivity index (χ3v) is 4.24. The molecule has 0 spiro atoms. The molecule has 6 heteroatoms. The number of aryl methyl sites for hydroxylation is 1. The molecule has 23 heavy (non-hydrogen) atoms. The summed E-state index contributed by atoms with van der Waals surface area (Å²) in [6, 6.07) is 7.78. The normalized spacial score (nSPS) is 13.5. The standard InChI is InChI=1S/C17H25N3O3/c1-12-7-5-6-8-14(12)15-18-16(23-19-15)13(2)20(4)9-17(3,10-21)11-22/h5-8,13,21-22H,9-11H2,1-4H3. The Hall–Kier alpha value is -1.76. The fourth-order valence-electron chi connectivity index (χ4n) is 2.42. The van der Waals surface area contributed by atoms with Crippen LogP contribution < -0.4 is 0 Å².